The minimum atomic E-state index is -0.688. The van der Waals surface area contributed by atoms with Crippen molar-refractivity contribution in [2.24, 2.45) is 19.8 Å². The number of aromatic amines is 2. The molecule has 0 bridgehead atoms. The maximum Gasteiger partial charge on any atom is 0.328 e. The zero-order chi connectivity index (χ0) is 21.3. The third-order valence-corrected chi connectivity index (χ3v) is 4.98. The number of carbonyl (C=O) groups is 2. The van der Waals surface area contributed by atoms with Crippen LogP contribution in [0.3, 0.4) is 0 Å². The largest absolute Gasteiger partial charge is 0.466 e. The van der Waals surface area contributed by atoms with E-state index in [4.69, 9.17) is 10.5 Å². The van der Waals surface area contributed by atoms with E-state index >= 15 is 0 Å². The number of aromatic nitrogens is 4. The number of rotatable bonds is 7. The molecular weight excluding hydrogens is 378 g/mol. The fourth-order valence-corrected chi connectivity index (χ4v) is 3.60. The lowest BCUT2D eigenvalue weighted by molar-refractivity contribution is -0.142. The Morgan fingerprint density at radius 3 is 2.48 bits per heavy atom. The highest BCUT2D eigenvalue weighted by atomic mass is 16.5. The van der Waals surface area contributed by atoms with Gasteiger partial charge < -0.3 is 15.6 Å². The Morgan fingerprint density at radius 2 is 1.83 bits per heavy atom. The summed E-state index contributed by atoms with van der Waals surface area (Å²) < 4.78 is 7.96. The molecule has 10 heteroatoms. The van der Waals surface area contributed by atoms with Crippen LogP contribution in [-0.4, -0.2) is 37.8 Å². The quantitative estimate of drug-likeness (QED) is 0.477. The number of ether oxygens (including phenoxy) is 1. The lowest BCUT2D eigenvalue weighted by Crippen LogP contribution is -2.22. The number of amides is 1. The molecule has 1 amide bonds. The van der Waals surface area contributed by atoms with Crippen LogP contribution in [0.2, 0.25) is 0 Å². The minimum absolute atomic E-state index is 0.136. The van der Waals surface area contributed by atoms with Crippen LogP contribution in [0.4, 0.5) is 0 Å². The number of carbonyl (C=O) groups excluding carboxylic acids is 2. The van der Waals surface area contributed by atoms with Gasteiger partial charge in [-0.25, -0.2) is 4.79 Å². The number of benzene rings is 1. The van der Waals surface area contributed by atoms with Gasteiger partial charge >= 0.3 is 11.7 Å². The fourth-order valence-electron chi connectivity index (χ4n) is 3.60. The SMILES string of the molecule is CCOC(=O)Cc1[nH][nH]c(=O)c1C(CC(N)=O)c1ccc2c(c1)n(C)c(=O)n2C. The summed E-state index contributed by atoms with van der Waals surface area (Å²) in [5.74, 6) is -1.78. The van der Waals surface area contributed by atoms with Gasteiger partial charge in [0.25, 0.3) is 5.56 Å². The maximum absolute atomic E-state index is 12.5. The second kappa shape index (κ2) is 7.82. The molecule has 2 aromatic heterocycles. The molecule has 0 radical (unpaired) electrons. The van der Waals surface area contributed by atoms with E-state index in [2.05, 4.69) is 10.2 Å². The summed E-state index contributed by atoms with van der Waals surface area (Å²) in [6.45, 7) is 1.90. The number of hydrogen-bond acceptors (Lipinski definition) is 5. The Balaban J connectivity index is 2.14. The number of nitrogens with zero attached hydrogens (tertiary/aromatic N) is 2. The van der Waals surface area contributed by atoms with Crippen molar-refractivity contribution < 1.29 is 14.3 Å². The Kier molecular flexibility index (Phi) is 5.44. The molecule has 10 nitrogen and oxygen atoms in total. The highest BCUT2D eigenvalue weighted by Crippen LogP contribution is 2.30. The summed E-state index contributed by atoms with van der Waals surface area (Å²) in [6.07, 6.45) is -0.285. The van der Waals surface area contributed by atoms with E-state index in [9.17, 15) is 19.2 Å². The topological polar surface area (TPSA) is 145 Å². The predicted molar refractivity (Wildman–Crippen MR) is 106 cm³/mol. The Bertz CT molecular complexity index is 1200. The Labute approximate surface area is 165 Å². The molecule has 4 N–H and O–H groups in total. The molecule has 0 aliphatic carbocycles. The van der Waals surface area contributed by atoms with Crippen LogP contribution in [0.25, 0.3) is 11.0 Å². The normalized spacial score (nSPS) is 12.2. The van der Waals surface area contributed by atoms with Gasteiger partial charge in [-0.2, -0.15) is 0 Å². The van der Waals surface area contributed by atoms with Gasteiger partial charge in [0.2, 0.25) is 5.91 Å². The standard InChI is InChI=1S/C19H23N5O5/c1-4-29-16(26)9-12-17(18(27)22-21-12)11(8-15(20)25)10-5-6-13-14(7-10)24(3)19(28)23(13)2/h5-7,11H,4,8-9H2,1-3H3,(H2,20,25)(H2,21,22,27). The van der Waals surface area contributed by atoms with Crippen LogP contribution < -0.4 is 17.0 Å². The number of fused-ring (bicyclic) bond motifs is 1. The number of primary amides is 1. The van der Waals surface area contributed by atoms with Gasteiger partial charge in [-0.3, -0.25) is 28.6 Å². The van der Waals surface area contributed by atoms with Crippen molar-refractivity contribution in [3.63, 3.8) is 0 Å². The molecule has 0 saturated heterocycles. The Morgan fingerprint density at radius 1 is 1.14 bits per heavy atom. The lowest BCUT2D eigenvalue weighted by Gasteiger charge is -2.16. The van der Waals surface area contributed by atoms with E-state index in [1.54, 1.807) is 39.2 Å². The zero-order valence-electron chi connectivity index (χ0n) is 16.4. The van der Waals surface area contributed by atoms with Crippen LogP contribution in [-0.2, 0) is 34.8 Å². The molecule has 0 spiro atoms. The molecule has 154 valence electrons. The second-order valence-electron chi connectivity index (χ2n) is 6.82. The first-order valence-electron chi connectivity index (χ1n) is 9.13. The molecule has 3 aromatic rings. The number of aryl methyl sites for hydroxylation is 2. The van der Waals surface area contributed by atoms with E-state index < -0.39 is 23.4 Å². The number of nitrogens with one attached hydrogen (secondary N) is 2. The fraction of sp³-hybridized carbons (Fsp3) is 0.368. The van der Waals surface area contributed by atoms with Crippen molar-refractivity contribution in [3.05, 3.63) is 55.9 Å². The van der Waals surface area contributed by atoms with E-state index in [0.29, 0.717) is 22.3 Å². The van der Waals surface area contributed by atoms with Crippen LogP contribution in [0.15, 0.2) is 27.8 Å². The van der Waals surface area contributed by atoms with Crippen molar-refractivity contribution in [2.45, 2.75) is 25.7 Å². The van der Waals surface area contributed by atoms with Gasteiger partial charge in [0.05, 0.1) is 29.8 Å². The van der Waals surface area contributed by atoms with Crippen LogP contribution in [0.1, 0.15) is 36.1 Å². The first-order chi connectivity index (χ1) is 13.7. The first-order valence-corrected chi connectivity index (χ1v) is 9.13. The zero-order valence-corrected chi connectivity index (χ0v) is 16.4. The third-order valence-electron chi connectivity index (χ3n) is 4.98. The van der Waals surface area contributed by atoms with Crippen molar-refractivity contribution in [1.82, 2.24) is 19.3 Å². The average molecular weight is 401 g/mol. The summed E-state index contributed by atoms with van der Waals surface area (Å²) in [4.78, 5) is 48.4. The van der Waals surface area contributed by atoms with Crippen molar-refractivity contribution in [3.8, 4) is 0 Å². The average Bonchev–Trinajstić information content (AvgIpc) is 3.12. The van der Waals surface area contributed by atoms with Crippen molar-refractivity contribution in [2.75, 3.05) is 6.61 Å². The summed E-state index contributed by atoms with van der Waals surface area (Å²) in [7, 11) is 3.31. The van der Waals surface area contributed by atoms with Crippen LogP contribution in [0, 0.1) is 0 Å². The van der Waals surface area contributed by atoms with Gasteiger partial charge in [0.15, 0.2) is 0 Å². The van der Waals surface area contributed by atoms with Crippen molar-refractivity contribution >= 4 is 22.9 Å². The number of imidazole rings is 1. The highest BCUT2D eigenvalue weighted by Gasteiger charge is 2.26. The van der Waals surface area contributed by atoms with Gasteiger partial charge in [0.1, 0.15) is 0 Å². The Hall–Kier alpha value is -3.56. The van der Waals surface area contributed by atoms with E-state index in [1.807, 2.05) is 0 Å². The lowest BCUT2D eigenvalue weighted by atomic mass is 9.87. The van der Waals surface area contributed by atoms with Gasteiger partial charge in [-0.15, -0.1) is 0 Å². The molecule has 0 saturated carbocycles. The minimum Gasteiger partial charge on any atom is -0.466 e. The number of nitrogens with two attached hydrogens (primary N) is 1. The number of H-pyrrole nitrogens is 2. The van der Waals surface area contributed by atoms with Gasteiger partial charge in [0, 0.05) is 32.0 Å². The monoisotopic (exact) mass is 401 g/mol. The molecule has 3 rings (SSSR count). The summed E-state index contributed by atoms with van der Waals surface area (Å²) >= 11 is 0. The number of esters is 1. The number of hydrogen-bond donors (Lipinski definition) is 3. The molecule has 29 heavy (non-hydrogen) atoms. The van der Waals surface area contributed by atoms with E-state index in [-0.39, 0.29) is 30.7 Å². The molecule has 0 aliphatic heterocycles. The molecule has 1 atom stereocenters. The smallest absolute Gasteiger partial charge is 0.328 e. The summed E-state index contributed by atoms with van der Waals surface area (Å²) in [6, 6.07) is 5.26. The molecule has 2 heterocycles. The second-order valence-corrected chi connectivity index (χ2v) is 6.82. The van der Waals surface area contributed by atoms with E-state index in [0.717, 1.165) is 0 Å². The molecule has 1 aromatic carbocycles. The van der Waals surface area contributed by atoms with Crippen LogP contribution in [0.5, 0.6) is 0 Å². The summed E-state index contributed by atoms with van der Waals surface area (Å²) in [5, 5.41) is 5.17. The molecule has 0 fully saturated rings. The van der Waals surface area contributed by atoms with Crippen molar-refractivity contribution in [1.29, 1.82) is 0 Å². The van der Waals surface area contributed by atoms with Gasteiger partial charge in [-0.1, -0.05) is 6.07 Å². The third kappa shape index (κ3) is 3.73. The highest BCUT2D eigenvalue weighted by molar-refractivity contribution is 5.79. The maximum atomic E-state index is 12.5. The molecule has 1 unspecified atom stereocenters. The molecule has 0 aliphatic rings. The van der Waals surface area contributed by atoms with Crippen LogP contribution >= 0.6 is 0 Å². The van der Waals surface area contributed by atoms with E-state index in [1.165, 1.54) is 9.13 Å². The predicted octanol–water partition coefficient (Wildman–Crippen LogP) is 0.00630. The van der Waals surface area contributed by atoms with Gasteiger partial charge in [-0.05, 0) is 24.6 Å². The molecular formula is C19H23N5O5. The summed E-state index contributed by atoms with van der Waals surface area (Å²) in [5.41, 5.74) is 7.40. The first kappa shape index (κ1) is 20.2.